The largest absolute Gasteiger partial charge is 0.343 e. The maximum absolute atomic E-state index is 12.4. The summed E-state index contributed by atoms with van der Waals surface area (Å²) in [5.74, 6) is 0.387. The van der Waals surface area contributed by atoms with Crippen molar-refractivity contribution >= 4 is 11.8 Å². The normalized spacial score (nSPS) is 19.0. The molecule has 0 aliphatic carbocycles. The molecule has 1 saturated heterocycles. The molecular weight excluding hydrogens is 264 g/mol. The van der Waals surface area contributed by atoms with Crippen LogP contribution < -0.4 is 5.32 Å². The van der Waals surface area contributed by atoms with Gasteiger partial charge in [0.1, 0.15) is 6.04 Å². The number of amides is 2. The number of rotatable bonds is 5. The molecule has 1 aromatic carbocycles. The van der Waals surface area contributed by atoms with Crippen LogP contribution in [0.1, 0.15) is 31.4 Å². The molecule has 2 rings (SSSR count). The SMILES string of the molecule is Cc1ccccc1CCN1CC(=O)NC(CC(C)C)C1=O. The molecule has 0 saturated carbocycles. The number of benzene rings is 1. The Morgan fingerprint density at radius 1 is 1.29 bits per heavy atom. The summed E-state index contributed by atoms with van der Waals surface area (Å²) in [6.45, 7) is 6.98. The number of nitrogens with one attached hydrogen (secondary N) is 1. The second-order valence-electron chi connectivity index (χ2n) is 6.19. The Morgan fingerprint density at radius 2 is 2.00 bits per heavy atom. The van der Waals surface area contributed by atoms with Gasteiger partial charge in [-0.1, -0.05) is 38.1 Å². The Kier molecular flexibility index (Phi) is 4.99. The minimum absolute atomic E-state index is 0.0509. The fourth-order valence-corrected chi connectivity index (χ4v) is 2.74. The summed E-state index contributed by atoms with van der Waals surface area (Å²) in [6, 6.07) is 7.81. The number of aryl methyl sites for hydroxylation is 1. The Morgan fingerprint density at radius 3 is 2.67 bits per heavy atom. The van der Waals surface area contributed by atoms with Crippen LogP contribution in [0, 0.1) is 12.8 Å². The minimum atomic E-state index is -0.358. The highest BCUT2D eigenvalue weighted by atomic mass is 16.2. The van der Waals surface area contributed by atoms with E-state index in [9.17, 15) is 9.59 Å². The van der Waals surface area contributed by atoms with Gasteiger partial charge in [-0.3, -0.25) is 9.59 Å². The minimum Gasteiger partial charge on any atom is -0.343 e. The second-order valence-corrected chi connectivity index (χ2v) is 6.19. The van der Waals surface area contributed by atoms with Gasteiger partial charge in [0.25, 0.3) is 0 Å². The predicted molar refractivity (Wildman–Crippen MR) is 82.8 cm³/mol. The van der Waals surface area contributed by atoms with Crippen molar-refractivity contribution in [3.63, 3.8) is 0 Å². The number of hydrogen-bond acceptors (Lipinski definition) is 2. The maximum Gasteiger partial charge on any atom is 0.245 e. The van der Waals surface area contributed by atoms with Crippen molar-refractivity contribution in [2.75, 3.05) is 13.1 Å². The summed E-state index contributed by atoms with van der Waals surface area (Å²) in [4.78, 5) is 25.9. The van der Waals surface area contributed by atoms with Gasteiger partial charge < -0.3 is 10.2 Å². The zero-order valence-electron chi connectivity index (χ0n) is 13.1. The molecule has 1 aromatic rings. The molecule has 1 fully saturated rings. The Balaban J connectivity index is 2.00. The highest BCUT2D eigenvalue weighted by Gasteiger charge is 2.32. The van der Waals surface area contributed by atoms with E-state index in [2.05, 4.69) is 38.2 Å². The molecule has 4 nitrogen and oxygen atoms in total. The smallest absolute Gasteiger partial charge is 0.245 e. The second kappa shape index (κ2) is 6.74. The molecule has 4 heteroatoms. The number of carbonyl (C=O) groups is 2. The number of hydrogen-bond donors (Lipinski definition) is 1. The van der Waals surface area contributed by atoms with Crippen LogP contribution in [0.4, 0.5) is 0 Å². The summed E-state index contributed by atoms with van der Waals surface area (Å²) >= 11 is 0. The topological polar surface area (TPSA) is 49.4 Å². The summed E-state index contributed by atoms with van der Waals surface area (Å²) in [7, 11) is 0. The molecule has 2 amide bonds. The summed E-state index contributed by atoms with van der Waals surface area (Å²) in [6.07, 6.45) is 1.49. The van der Waals surface area contributed by atoms with Gasteiger partial charge in [0.15, 0.2) is 0 Å². The number of nitrogens with zero attached hydrogens (tertiary/aromatic N) is 1. The summed E-state index contributed by atoms with van der Waals surface area (Å²) < 4.78 is 0. The van der Waals surface area contributed by atoms with Crippen LogP contribution in [0.5, 0.6) is 0 Å². The molecule has 0 radical (unpaired) electrons. The molecule has 1 heterocycles. The van der Waals surface area contributed by atoms with Crippen molar-refractivity contribution in [1.82, 2.24) is 10.2 Å². The van der Waals surface area contributed by atoms with Gasteiger partial charge in [0.2, 0.25) is 11.8 Å². The van der Waals surface area contributed by atoms with E-state index in [-0.39, 0.29) is 24.4 Å². The van der Waals surface area contributed by atoms with Crippen LogP contribution in [0.25, 0.3) is 0 Å². The first-order chi connectivity index (χ1) is 9.97. The van der Waals surface area contributed by atoms with Crippen molar-refractivity contribution in [3.05, 3.63) is 35.4 Å². The Labute approximate surface area is 126 Å². The lowest BCUT2D eigenvalue weighted by molar-refractivity contribution is -0.144. The van der Waals surface area contributed by atoms with Gasteiger partial charge in [-0.15, -0.1) is 0 Å². The van der Waals surface area contributed by atoms with Crippen LogP contribution in [-0.2, 0) is 16.0 Å². The van der Waals surface area contributed by atoms with Crippen LogP contribution in [0.15, 0.2) is 24.3 Å². The van der Waals surface area contributed by atoms with Crippen molar-refractivity contribution < 1.29 is 9.59 Å². The van der Waals surface area contributed by atoms with Crippen LogP contribution in [0.3, 0.4) is 0 Å². The first-order valence-corrected chi connectivity index (χ1v) is 7.60. The van der Waals surface area contributed by atoms with Gasteiger partial charge in [0, 0.05) is 6.54 Å². The number of piperazine rings is 1. The van der Waals surface area contributed by atoms with Gasteiger partial charge >= 0.3 is 0 Å². The van der Waals surface area contributed by atoms with Crippen LogP contribution >= 0.6 is 0 Å². The molecule has 0 spiro atoms. The monoisotopic (exact) mass is 288 g/mol. The molecule has 1 aliphatic rings. The molecule has 21 heavy (non-hydrogen) atoms. The lowest BCUT2D eigenvalue weighted by Gasteiger charge is -2.33. The van der Waals surface area contributed by atoms with E-state index in [0.29, 0.717) is 18.9 Å². The molecule has 114 valence electrons. The van der Waals surface area contributed by atoms with E-state index in [1.807, 2.05) is 12.1 Å². The molecule has 1 unspecified atom stereocenters. The third-order valence-electron chi connectivity index (χ3n) is 3.90. The van der Waals surface area contributed by atoms with E-state index >= 15 is 0 Å². The van der Waals surface area contributed by atoms with Crippen molar-refractivity contribution in [2.45, 2.75) is 39.7 Å². The maximum atomic E-state index is 12.4. The third-order valence-corrected chi connectivity index (χ3v) is 3.90. The third kappa shape index (κ3) is 4.06. The van der Waals surface area contributed by atoms with E-state index in [1.54, 1.807) is 4.90 Å². The lowest BCUT2D eigenvalue weighted by atomic mass is 10.00. The summed E-state index contributed by atoms with van der Waals surface area (Å²) in [5.41, 5.74) is 2.46. The van der Waals surface area contributed by atoms with Crippen LogP contribution in [0.2, 0.25) is 0 Å². The van der Waals surface area contributed by atoms with Crippen molar-refractivity contribution in [3.8, 4) is 0 Å². The highest BCUT2D eigenvalue weighted by molar-refractivity contribution is 5.94. The zero-order chi connectivity index (χ0) is 15.4. The Hall–Kier alpha value is -1.84. The van der Waals surface area contributed by atoms with Crippen molar-refractivity contribution in [2.24, 2.45) is 5.92 Å². The molecule has 0 aromatic heterocycles. The summed E-state index contributed by atoms with van der Waals surface area (Å²) in [5, 5.41) is 2.81. The first kappa shape index (κ1) is 15.5. The van der Waals surface area contributed by atoms with Gasteiger partial charge in [0.05, 0.1) is 6.54 Å². The number of carbonyl (C=O) groups excluding carboxylic acids is 2. The lowest BCUT2D eigenvalue weighted by Crippen LogP contribution is -2.58. The average Bonchev–Trinajstić information content (AvgIpc) is 2.42. The van der Waals surface area contributed by atoms with E-state index in [0.717, 1.165) is 6.42 Å². The first-order valence-electron chi connectivity index (χ1n) is 7.60. The quantitative estimate of drug-likeness (QED) is 0.900. The predicted octanol–water partition coefficient (Wildman–Crippen LogP) is 1.91. The molecule has 1 N–H and O–H groups in total. The average molecular weight is 288 g/mol. The van der Waals surface area contributed by atoms with Crippen molar-refractivity contribution in [1.29, 1.82) is 0 Å². The zero-order valence-corrected chi connectivity index (χ0v) is 13.1. The van der Waals surface area contributed by atoms with E-state index in [1.165, 1.54) is 11.1 Å². The van der Waals surface area contributed by atoms with E-state index in [4.69, 9.17) is 0 Å². The molecule has 0 bridgehead atoms. The van der Waals surface area contributed by atoms with Gasteiger partial charge in [-0.25, -0.2) is 0 Å². The van der Waals surface area contributed by atoms with Gasteiger partial charge in [-0.05, 0) is 36.8 Å². The fraction of sp³-hybridized carbons (Fsp3) is 0.529. The highest BCUT2D eigenvalue weighted by Crippen LogP contribution is 2.14. The molecule has 1 atom stereocenters. The Bertz CT molecular complexity index is 525. The van der Waals surface area contributed by atoms with Crippen LogP contribution in [-0.4, -0.2) is 35.8 Å². The molecular formula is C17H24N2O2. The molecule has 1 aliphatic heterocycles. The standard InChI is InChI=1S/C17H24N2O2/c1-12(2)10-15-17(21)19(11-16(20)18-15)9-8-14-7-5-4-6-13(14)3/h4-7,12,15H,8-11H2,1-3H3,(H,18,20). The van der Waals surface area contributed by atoms with E-state index < -0.39 is 0 Å². The van der Waals surface area contributed by atoms with Gasteiger partial charge in [-0.2, -0.15) is 0 Å². The fourth-order valence-electron chi connectivity index (χ4n) is 2.74.